The number of ether oxygens (including phenoxy) is 2. The molecule has 1 aliphatic heterocycles. The summed E-state index contributed by atoms with van der Waals surface area (Å²) in [6.45, 7) is 7.34. The van der Waals surface area contributed by atoms with E-state index >= 15 is 0 Å². The third-order valence-electron chi connectivity index (χ3n) is 8.39. The van der Waals surface area contributed by atoms with E-state index in [1.165, 1.54) is 20.3 Å². The molecule has 1 fully saturated rings. The molecule has 2 aromatic heterocycles. The maximum absolute atomic E-state index is 14.6. The van der Waals surface area contributed by atoms with Crippen LogP contribution in [0, 0.1) is 12.8 Å². The van der Waals surface area contributed by atoms with Crippen LogP contribution in [0.3, 0.4) is 0 Å². The topological polar surface area (TPSA) is 131 Å². The number of fused-ring (bicyclic) bond motifs is 1. The number of carbonyl (C=O) groups is 2. The van der Waals surface area contributed by atoms with Gasteiger partial charge in [-0.05, 0) is 57.1 Å². The molecule has 12 nitrogen and oxygen atoms in total. The maximum atomic E-state index is 14.6. The lowest BCUT2D eigenvalue weighted by atomic mass is 10.0. The van der Waals surface area contributed by atoms with Crippen molar-refractivity contribution in [3.05, 3.63) is 87.3 Å². The number of likely N-dealkylation sites (tertiary alicyclic amines) is 1. The van der Waals surface area contributed by atoms with Gasteiger partial charge in [-0.3, -0.25) is 19.0 Å². The van der Waals surface area contributed by atoms with Gasteiger partial charge in [0.25, 0.3) is 5.56 Å². The van der Waals surface area contributed by atoms with Gasteiger partial charge in [-0.2, -0.15) is 4.98 Å². The Morgan fingerprint density at radius 2 is 1.86 bits per heavy atom. The molecular weight excluding hydrogens is 681 g/mol. The minimum atomic E-state index is -0.397. The zero-order chi connectivity index (χ0) is 36.1. The van der Waals surface area contributed by atoms with Crippen LogP contribution in [0.2, 0.25) is 10.0 Å². The molecule has 4 aromatic rings. The predicted molar refractivity (Wildman–Crippen MR) is 198 cm³/mol. The van der Waals surface area contributed by atoms with Gasteiger partial charge in [-0.25, -0.2) is 4.98 Å². The van der Waals surface area contributed by atoms with Crippen LogP contribution in [-0.2, 0) is 16.1 Å². The van der Waals surface area contributed by atoms with Gasteiger partial charge in [0.15, 0.2) is 0 Å². The van der Waals surface area contributed by atoms with Crippen molar-refractivity contribution in [1.29, 1.82) is 0 Å². The highest BCUT2D eigenvalue weighted by Crippen LogP contribution is 2.45. The summed E-state index contributed by atoms with van der Waals surface area (Å²) < 4.78 is 12.5. The molecule has 3 heterocycles. The van der Waals surface area contributed by atoms with E-state index in [0.29, 0.717) is 48.5 Å². The highest BCUT2D eigenvalue weighted by Gasteiger charge is 2.28. The quantitative estimate of drug-likeness (QED) is 0.171. The summed E-state index contributed by atoms with van der Waals surface area (Å²) in [4.78, 5) is 52.8. The molecule has 0 aliphatic carbocycles. The number of rotatable bonds is 12. The maximum Gasteiger partial charge on any atom is 0.260 e. The van der Waals surface area contributed by atoms with Crippen LogP contribution in [0.1, 0.15) is 12.0 Å². The summed E-state index contributed by atoms with van der Waals surface area (Å²) in [5.74, 6) is 0.281. The average Bonchev–Trinajstić information content (AvgIpc) is 3.57. The summed E-state index contributed by atoms with van der Waals surface area (Å²) in [5.41, 5.74) is 2.35. The molecule has 1 saturated heterocycles. The van der Waals surface area contributed by atoms with Crippen LogP contribution < -0.4 is 25.7 Å². The Labute approximate surface area is 300 Å². The summed E-state index contributed by atoms with van der Waals surface area (Å²) in [7, 11) is 6.80. The highest BCUT2D eigenvalue weighted by molar-refractivity contribution is 6.41. The van der Waals surface area contributed by atoms with Gasteiger partial charge in [-0.1, -0.05) is 48.0 Å². The lowest BCUT2D eigenvalue weighted by Gasteiger charge is -2.20. The van der Waals surface area contributed by atoms with E-state index in [0.717, 1.165) is 5.56 Å². The van der Waals surface area contributed by atoms with Gasteiger partial charge >= 0.3 is 0 Å². The minimum Gasteiger partial charge on any atom is -0.495 e. The first-order valence-electron chi connectivity index (χ1n) is 15.9. The SMILES string of the molecule is C=CC(=O)Nc1cccc(C)c1Nc1ncc2cc(-c3c(Cl)c(OC)cc(OC)c3Cl)c(=O)n(CC3CCN(C(=O)/C=C/CN(C)C)C3)c2n1. The van der Waals surface area contributed by atoms with Crippen molar-refractivity contribution in [2.45, 2.75) is 19.9 Å². The predicted octanol–water partition coefficient (Wildman–Crippen LogP) is 5.93. The number of benzene rings is 2. The number of methoxy groups -OCH3 is 2. The summed E-state index contributed by atoms with van der Waals surface area (Å²) in [5, 5.41) is 6.86. The zero-order valence-electron chi connectivity index (χ0n) is 28.5. The minimum absolute atomic E-state index is 0.0494. The number of nitrogens with zero attached hydrogens (tertiary/aromatic N) is 5. The first kappa shape index (κ1) is 36.4. The Bertz CT molecular complexity index is 2020. The fourth-order valence-electron chi connectivity index (χ4n) is 5.83. The summed E-state index contributed by atoms with van der Waals surface area (Å²) in [6, 6.07) is 8.65. The largest absolute Gasteiger partial charge is 0.495 e. The van der Waals surface area contributed by atoms with E-state index in [-0.39, 0.29) is 62.9 Å². The average molecular weight is 721 g/mol. The van der Waals surface area contributed by atoms with E-state index in [1.54, 1.807) is 39.9 Å². The fourth-order valence-corrected chi connectivity index (χ4v) is 6.54. The standard InChI is InChI=1S/C36H39Cl2N7O5/c1-7-28(46)40-25-11-8-10-21(2)33(25)41-36-39-18-23-16-24(30-31(37)26(49-5)17-27(50-6)32(30)38)35(48)45(34(23)42-36)20-22-13-15-44(19-22)29(47)12-9-14-43(3)4/h7-12,16-18,22H,1,13-15,19-20H2,2-6H3,(H,40,46)(H,39,41,42)/b12-9+. The van der Waals surface area contributed by atoms with E-state index in [2.05, 4.69) is 22.2 Å². The number of carbonyl (C=O) groups excluding carboxylic acids is 2. The number of halogens is 2. The molecule has 50 heavy (non-hydrogen) atoms. The van der Waals surface area contributed by atoms with Crippen molar-refractivity contribution < 1.29 is 19.1 Å². The molecule has 1 unspecified atom stereocenters. The van der Waals surface area contributed by atoms with Gasteiger partial charge in [0.1, 0.15) is 17.1 Å². The molecule has 2 aromatic carbocycles. The van der Waals surface area contributed by atoms with Gasteiger partial charge in [0.05, 0.1) is 41.2 Å². The van der Waals surface area contributed by atoms with Crippen LogP contribution in [0.4, 0.5) is 17.3 Å². The number of amides is 2. The Morgan fingerprint density at radius 3 is 2.52 bits per heavy atom. The molecule has 0 bridgehead atoms. The Kier molecular flexibility index (Phi) is 11.5. The lowest BCUT2D eigenvalue weighted by Crippen LogP contribution is -2.30. The lowest BCUT2D eigenvalue weighted by molar-refractivity contribution is -0.125. The van der Waals surface area contributed by atoms with Gasteiger partial charge < -0.3 is 29.9 Å². The van der Waals surface area contributed by atoms with Crippen LogP contribution in [0.15, 0.2) is 66.1 Å². The van der Waals surface area contributed by atoms with Crippen molar-refractivity contribution >= 4 is 63.4 Å². The summed E-state index contributed by atoms with van der Waals surface area (Å²) in [6.07, 6.45) is 6.90. The fraction of sp³-hybridized carbons (Fsp3) is 0.306. The highest BCUT2D eigenvalue weighted by atomic mass is 35.5. The molecular formula is C36H39Cl2N7O5. The molecule has 5 rings (SSSR count). The monoisotopic (exact) mass is 719 g/mol. The second-order valence-electron chi connectivity index (χ2n) is 12.1. The second-order valence-corrected chi connectivity index (χ2v) is 12.9. The second kappa shape index (κ2) is 15.8. The number of pyridine rings is 1. The molecule has 0 spiro atoms. The molecule has 0 radical (unpaired) electrons. The number of hydrogen-bond acceptors (Lipinski definition) is 9. The van der Waals surface area contributed by atoms with E-state index in [1.807, 2.05) is 44.1 Å². The molecule has 1 aliphatic rings. The molecule has 2 N–H and O–H groups in total. The van der Waals surface area contributed by atoms with Gasteiger partial charge in [0, 0.05) is 55.5 Å². The Morgan fingerprint density at radius 1 is 1.14 bits per heavy atom. The molecule has 14 heteroatoms. The third-order valence-corrected chi connectivity index (χ3v) is 9.14. The van der Waals surface area contributed by atoms with Gasteiger partial charge in [-0.15, -0.1) is 0 Å². The number of likely N-dealkylation sites (N-methyl/N-ethyl adjacent to an activating group) is 1. The number of aryl methyl sites for hydroxylation is 1. The van der Waals surface area contributed by atoms with Gasteiger partial charge in [0.2, 0.25) is 17.8 Å². The van der Waals surface area contributed by atoms with Crippen molar-refractivity contribution in [2.24, 2.45) is 5.92 Å². The van der Waals surface area contributed by atoms with Crippen LogP contribution in [0.5, 0.6) is 11.5 Å². The Balaban J connectivity index is 1.61. The number of nitrogens with one attached hydrogen (secondary N) is 2. The molecule has 262 valence electrons. The normalized spacial score (nSPS) is 14.4. The number of anilines is 3. The third kappa shape index (κ3) is 7.77. The number of hydrogen-bond donors (Lipinski definition) is 2. The van der Waals surface area contributed by atoms with Crippen LogP contribution in [0.25, 0.3) is 22.2 Å². The number of para-hydroxylation sites is 1. The molecule has 0 saturated carbocycles. The van der Waals surface area contributed by atoms with E-state index in [4.69, 9.17) is 37.7 Å². The number of aromatic nitrogens is 3. The van der Waals surface area contributed by atoms with Crippen molar-refractivity contribution in [3.63, 3.8) is 0 Å². The molecule has 2 amide bonds. The molecule has 1 atom stereocenters. The van der Waals surface area contributed by atoms with Crippen molar-refractivity contribution in [1.82, 2.24) is 24.3 Å². The smallest absolute Gasteiger partial charge is 0.260 e. The Hall–Kier alpha value is -4.91. The first-order valence-corrected chi connectivity index (χ1v) is 16.6. The summed E-state index contributed by atoms with van der Waals surface area (Å²) >= 11 is 13.6. The van der Waals surface area contributed by atoms with E-state index in [9.17, 15) is 14.4 Å². The first-order chi connectivity index (χ1) is 23.9. The van der Waals surface area contributed by atoms with Crippen LogP contribution >= 0.6 is 23.2 Å². The van der Waals surface area contributed by atoms with E-state index < -0.39 is 5.56 Å². The van der Waals surface area contributed by atoms with Crippen molar-refractivity contribution in [3.8, 4) is 22.6 Å². The zero-order valence-corrected chi connectivity index (χ0v) is 30.1. The van der Waals surface area contributed by atoms with Crippen LogP contribution in [-0.4, -0.2) is 84.1 Å². The van der Waals surface area contributed by atoms with Crippen molar-refractivity contribution in [2.75, 3.05) is 58.6 Å².